The Hall–Kier alpha value is -2.93. The highest BCUT2D eigenvalue weighted by Crippen LogP contribution is 2.28. The first-order chi connectivity index (χ1) is 12.6. The Bertz CT molecular complexity index is 1040. The molecule has 0 saturated carbocycles. The number of nitrogens with zero attached hydrogens (tertiary/aromatic N) is 3. The summed E-state index contributed by atoms with van der Waals surface area (Å²) >= 11 is 1.60. The summed E-state index contributed by atoms with van der Waals surface area (Å²) in [5, 5.41) is 3.87. The maximum absolute atomic E-state index is 12.4. The molecule has 4 rings (SSSR count). The largest absolute Gasteiger partial charge is 0.352 e. The number of fused-ring (bicyclic) bond motifs is 1. The van der Waals surface area contributed by atoms with Crippen molar-refractivity contribution in [2.75, 3.05) is 6.54 Å². The first kappa shape index (κ1) is 16.5. The molecule has 0 aliphatic rings. The van der Waals surface area contributed by atoms with Gasteiger partial charge in [-0.2, -0.15) is 0 Å². The van der Waals surface area contributed by atoms with E-state index >= 15 is 0 Å². The van der Waals surface area contributed by atoms with Gasteiger partial charge in [-0.25, -0.2) is 9.97 Å². The van der Waals surface area contributed by atoms with Crippen LogP contribution in [0, 0.1) is 13.8 Å². The molecule has 2 N–H and O–H groups in total. The van der Waals surface area contributed by atoms with Crippen LogP contribution in [-0.4, -0.2) is 32.0 Å². The van der Waals surface area contributed by atoms with Crippen molar-refractivity contribution in [3.63, 3.8) is 0 Å². The average Bonchev–Trinajstić information content (AvgIpc) is 3.34. The molecule has 3 heterocycles. The van der Waals surface area contributed by atoms with Gasteiger partial charge in [0.05, 0.1) is 16.5 Å². The molecule has 0 fully saturated rings. The fourth-order valence-corrected chi connectivity index (χ4v) is 4.08. The van der Waals surface area contributed by atoms with E-state index in [1.807, 2.05) is 18.2 Å². The molecule has 0 saturated heterocycles. The van der Waals surface area contributed by atoms with E-state index in [1.54, 1.807) is 23.9 Å². The van der Waals surface area contributed by atoms with Crippen molar-refractivity contribution < 1.29 is 4.79 Å². The van der Waals surface area contributed by atoms with E-state index in [4.69, 9.17) is 4.98 Å². The van der Waals surface area contributed by atoms with Gasteiger partial charge in [-0.3, -0.25) is 9.36 Å². The Balaban J connectivity index is 1.53. The third-order valence-corrected chi connectivity index (χ3v) is 5.34. The maximum atomic E-state index is 12.4. The Morgan fingerprint density at radius 3 is 2.77 bits per heavy atom. The molecule has 26 heavy (non-hydrogen) atoms. The number of carbonyl (C=O) groups is 1. The first-order valence-corrected chi connectivity index (χ1v) is 9.25. The molecule has 0 spiro atoms. The first-order valence-electron chi connectivity index (χ1n) is 8.43. The molecule has 4 aromatic rings. The molecule has 132 valence electrons. The maximum Gasteiger partial charge on any atom is 0.251 e. The number of hydrogen-bond donors (Lipinski definition) is 2. The number of amides is 1. The molecule has 0 unspecified atom stereocenters. The fraction of sp³-hybridized carbons (Fsp3) is 0.211. The molecule has 7 heteroatoms. The molecule has 0 atom stereocenters. The van der Waals surface area contributed by atoms with Gasteiger partial charge in [0.2, 0.25) is 0 Å². The summed E-state index contributed by atoms with van der Waals surface area (Å²) in [7, 11) is 0. The summed E-state index contributed by atoms with van der Waals surface area (Å²) in [5.74, 6) is -0.0744. The Kier molecular flexibility index (Phi) is 4.30. The van der Waals surface area contributed by atoms with Crippen molar-refractivity contribution in [3.05, 3.63) is 65.5 Å². The zero-order chi connectivity index (χ0) is 18.1. The molecule has 0 aliphatic heterocycles. The van der Waals surface area contributed by atoms with Crippen molar-refractivity contribution in [3.8, 4) is 5.13 Å². The fourth-order valence-electron chi connectivity index (χ4n) is 2.95. The smallest absolute Gasteiger partial charge is 0.251 e. The summed E-state index contributed by atoms with van der Waals surface area (Å²) in [5.41, 5.74) is 4.87. The van der Waals surface area contributed by atoms with Gasteiger partial charge in [0.1, 0.15) is 0 Å². The summed E-state index contributed by atoms with van der Waals surface area (Å²) in [4.78, 5) is 24.1. The van der Waals surface area contributed by atoms with E-state index in [1.165, 1.54) is 0 Å². The Morgan fingerprint density at radius 2 is 2.04 bits per heavy atom. The highest BCUT2D eigenvalue weighted by Gasteiger charge is 2.12. The number of benzene rings is 1. The van der Waals surface area contributed by atoms with E-state index in [0.29, 0.717) is 12.1 Å². The van der Waals surface area contributed by atoms with Crippen LogP contribution >= 0.6 is 11.3 Å². The van der Waals surface area contributed by atoms with Crippen LogP contribution in [0.25, 0.3) is 15.3 Å². The Labute approximate surface area is 154 Å². The number of nitrogens with one attached hydrogen (secondary N) is 2. The predicted octanol–water partition coefficient (Wildman–Crippen LogP) is 3.40. The number of hydrogen-bond acceptors (Lipinski definition) is 4. The highest BCUT2D eigenvalue weighted by atomic mass is 32.1. The van der Waals surface area contributed by atoms with Gasteiger partial charge >= 0.3 is 0 Å². The van der Waals surface area contributed by atoms with Crippen LogP contribution in [0.15, 0.2) is 42.9 Å². The molecular formula is C19H19N5OS. The standard InChI is InChI=1S/C19H19N5OS/c1-12-3-4-13(2)24(12)19-23-16-6-5-14(9-17(16)26-19)18(25)21-8-7-15-10-20-11-22-15/h3-6,9-11H,7-8H2,1-2H3,(H,20,22)(H,21,25). The van der Waals surface area contributed by atoms with Crippen molar-refractivity contribution in [2.24, 2.45) is 0 Å². The Morgan fingerprint density at radius 1 is 1.23 bits per heavy atom. The summed E-state index contributed by atoms with van der Waals surface area (Å²) < 4.78 is 3.14. The van der Waals surface area contributed by atoms with Crippen LogP contribution in [0.1, 0.15) is 27.4 Å². The average molecular weight is 365 g/mol. The van der Waals surface area contributed by atoms with Crippen molar-refractivity contribution in [2.45, 2.75) is 20.3 Å². The molecule has 3 aromatic heterocycles. The van der Waals surface area contributed by atoms with Crippen molar-refractivity contribution in [1.29, 1.82) is 0 Å². The monoisotopic (exact) mass is 365 g/mol. The number of aryl methyl sites for hydroxylation is 2. The lowest BCUT2D eigenvalue weighted by Gasteiger charge is -2.04. The zero-order valence-electron chi connectivity index (χ0n) is 14.6. The number of aromatic amines is 1. The second-order valence-corrected chi connectivity index (χ2v) is 7.22. The van der Waals surface area contributed by atoms with Gasteiger partial charge in [0, 0.05) is 41.8 Å². The number of thiazole rings is 1. The summed E-state index contributed by atoms with van der Waals surface area (Å²) in [6.45, 7) is 4.70. The molecule has 6 nitrogen and oxygen atoms in total. The normalized spacial score (nSPS) is 11.2. The molecule has 1 aromatic carbocycles. The van der Waals surface area contributed by atoms with Gasteiger partial charge in [0.25, 0.3) is 5.91 Å². The highest BCUT2D eigenvalue weighted by molar-refractivity contribution is 7.20. The predicted molar refractivity (Wildman–Crippen MR) is 103 cm³/mol. The lowest BCUT2D eigenvalue weighted by Crippen LogP contribution is -2.25. The van der Waals surface area contributed by atoms with Gasteiger partial charge in [-0.15, -0.1) is 0 Å². The number of rotatable bonds is 5. The quantitative estimate of drug-likeness (QED) is 0.569. The summed E-state index contributed by atoms with van der Waals surface area (Å²) in [6, 6.07) is 9.82. The van der Waals surface area contributed by atoms with Crippen LogP contribution in [0.3, 0.4) is 0 Å². The second kappa shape index (κ2) is 6.76. The van der Waals surface area contributed by atoms with Crippen LogP contribution in [0.2, 0.25) is 0 Å². The minimum absolute atomic E-state index is 0.0744. The van der Waals surface area contributed by atoms with E-state index < -0.39 is 0 Å². The minimum atomic E-state index is -0.0744. The number of H-pyrrole nitrogens is 1. The molecular weight excluding hydrogens is 346 g/mol. The summed E-state index contributed by atoms with van der Waals surface area (Å²) in [6.07, 6.45) is 4.13. The van der Waals surface area contributed by atoms with Gasteiger partial charge in [-0.1, -0.05) is 11.3 Å². The molecule has 0 aliphatic carbocycles. The zero-order valence-corrected chi connectivity index (χ0v) is 15.4. The number of imidazole rings is 1. The third kappa shape index (κ3) is 3.13. The number of aromatic nitrogens is 4. The van der Waals surface area contributed by atoms with Gasteiger partial charge in [-0.05, 0) is 44.2 Å². The van der Waals surface area contributed by atoms with E-state index in [2.05, 4.69) is 45.8 Å². The van der Waals surface area contributed by atoms with Gasteiger partial charge in [0.15, 0.2) is 5.13 Å². The molecule has 1 amide bonds. The van der Waals surface area contributed by atoms with Crippen LogP contribution < -0.4 is 5.32 Å². The van der Waals surface area contributed by atoms with Crippen molar-refractivity contribution >= 4 is 27.5 Å². The minimum Gasteiger partial charge on any atom is -0.352 e. The van der Waals surface area contributed by atoms with E-state index in [0.717, 1.165) is 38.9 Å². The van der Waals surface area contributed by atoms with Crippen LogP contribution in [-0.2, 0) is 6.42 Å². The third-order valence-electron chi connectivity index (χ3n) is 4.34. The van der Waals surface area contributed by atoms with Crippen LogP contribution in [0.4, 0.5) is 0 Å². The van der Waals surface area contributed by atoms with Crippen LogP contribution in [0.5, 0.6) is 0 Å². The van der Waals surface area contributed by atoms with E-state index in [-0.39, 0.29) is 5.91 Å². The molecule has 0 bridgehead atoms. The topological polar surface area (TPSA) is 75.6 Å². The SMILES string of the molecule is Cc1ccc(C)n1-c1nc2ccc(C(=O)NCCc3cnc[nH]3)cc2s1. The number of carbonyl (C=O) groups excluding carboxylic acids is 1. The second-order valence-electron chi connectivity index (χ2n) is 6.21. The molecule has 0 radical (unpaired) electrons. The van der Waals surface area contributed by atoms with E-state index in [9.17, 15) is 4.79 Å². The lowest BCUT2D eigenvalue weighted by atomic mass is 10.2. The lowest BCUT2D eigenvalue weighted by molar-refractivity contribution is 0.0954. The van der Waals surface area contributed by atoms with Crippen molar-refractivity contribution in [1.82, 2.24) is 24.8 Å². The van der Waals surface area contributed by atoms with Gasteiger partial charge < -0.3 is 10.3 Å².